The van der Waals surface area contributed by atoms with Gasteiger partial charge in [0.25, 0.3) is 5.91 Å². The predicted octanol–water partition coefficient (Wildman–Crippen LogP) is 4.74. The van der Waals surface area contributed by atoms with E-state index in [1.165, 1.54) is 11.8 Å². The van der Waals surface area contributed by atoms with Gasteiger partial charge in [0.05, 0.1) is 22.3 Å². The maximum atomic E-state index is 12.4. The van der Waals surface area contributed by atoms with Gasteiger partial charge < -0.3 is 15.2 Å². The molecular weight excluding hydrogens is 469 g/mol. The molecule has 0 saturated carbocycles. The highest BCUT2D eigenvalue weighted by Crippen LogP contribution is 2.25. The van der Waals surface area contributed by atoms with Crippen molar-refractivity contribution in [3.63, 3.8) is 0 Å². The molecule has 3 rings (SSSR count). The molecule has 3 aromatic rings. The summed E-state index contributed by atoms with van der Waals surface area (Å²) in [5.74, 6) is 0.261. The second-order valence-corrected chi connectivity index (χ2v) is 8.57. The molecule has 0 spiro atoms. The number of anilines is 1. The minimum Gasteiger partial charge on any atom is -0.345 e. The predicted molar refractivity (Wildman–Crippen MR) is 128 cm³/mol. The van der Waals surface area contributed by atoms with Gasteiger partial charge in [-0.15, -0.1) is 16.8 Å². The molecule has 10 heteroatoms. The summed E-state index contributed by atoms with van der Waals surface area (Å²) in [5, 5.41) is 15.3. The van der Waals surface area contributed by atoms with Crippen molar-refractivity contribution in [2.45, 2.75) is 25.2 Å². The molecular formula is C22H21Cl2N5O2S. The van der Waals surface area contributed by atoms with E-state index in [9.17, 15) is 9.59 Å². The molecule has 0 fully saturated rings. The van der Waals surface area contributed by atoms with Gasteiger partial charge in [0.2, 0.25) is 5.91 Å². The van der Waals surface area contributed by atoms with Crippen molar-refractivity contribution in [2.24, 2.45) is 0 Å². The van der Waals surface area contributed by atoms with E-state index in [4.69, 9.17) is 23.2 Å². The number of carbonyl (C=O) groups excluding carboxylic acids is 2. The summed E-state index contributed by atoms with van der Waals surface area (Å²) in [6.07, 6.45) is 1.70. The maximum absolute atomic E-state index is 12.4. The Balaban J connectivity index is 1.61. The fourth-order valence-electron chi connectivity index (χ4n) is 2.82. The van der Waals surface area contributed by atoms with E-state index in [0.29, 0.717) is 38.8 Å². The minimum absolute atomic E-state index is 0.116. The molecule has 0 bridgehead atoms. The number of carbonyl (C=O) groups is 2. The van der Waals surface area contributed by atoms with Gasteiger partial charge >= 0.3 is 0 Å². The van der Waals surface area contributed by atoms with Crippen LogP contribution in [-0.2, 0) is 17.9 Å². The lowest BCUT2D eigenvalue weighted by atomic mass is 10.1. The summed E-state index contributed by atoms with van der Waals surface area (Å²) in [6.45, 7) is 6.33. The van der Waals surface area contributed by atoms with E-state index in [-0.39, 0.29) is 24.1 Å². The summed E-state index contributed by atoms with van der Waals surface area (Å²) in [7, 11) is 0. The Bertz CT molecular complexity index is 1150. The van der Waals surface area contributed by atoms with Crippen LogP contribution in [0.5, 0.6) is 0 Å². The van der Waals surface area contributed by atoms with E-state index in [2.05, 4.69) is 27.4 Å². The molecule has 0 aliphatic rings. The van der Waals surface area contributed by atoms with Crippen LogP contribution in [0, 0.1) is 6.92 Å². The van der Waals surface area contributed by atoms with Gasteiger partial charge in [0, 0.05) is 17.8 Å². The molecule has 0 saturated heterocycles. The first-order valence-electron chi connectivity index (χ1n) is 9.63. The third-order valence-electron chi connectivity index (χ3n) is 4.33. The van der Waals surface area contributed by atoms with Gasteiger partial charge in [0.1, 0.15) is 0 Å². The lowest BCUT2D eigenvalue weighted by Crippen LogP contribution is -2.25. The Kier molecular flexibility index (Phi) is 8.33. The molecule has 32 heavy (non-hydrogen) atoms. The Labute approximate surface area is 200 Å². The van der Waals surface area contributed by atoms with Crippen molar-refractivity contribution < 1.29 is 9.59 Å². The Morgan fingerprint density at radius 1 is 1.16 bits per heavy atom. The van der Waals surface area contributed by atoms with Gasteiger partial charge in [-0.1, -0.05) is 58.7 Å². The molecule has 2 aromatic carbocycles. The smallest absolute Gasteiger partial charge is 0.251 e. The standard InChI is InChI=1S/C22H21Cl2N5O2S/c1-3-9-29-19(12-25-21(31)15-6-4-5-14(2)10-15)27-28-22(29)32-13-20(30)26-16-7-8-17(23)18(24)11-16/h3-8,10-11H,1,9,12-13H2,2H3,(H,25,31)(H,26,30). The van der Waals surface area contributed by atoms with Gasteiger partial charge in [-0.2, -0.15) is 0 Å². The number of thioether (sulfide) groups is 1. The average molecular weight is 490 g/mol. The number of nitrogens with zero attached hydrogens (tertiary/aromatic N) is 3. The molecule has 1 aromatic heterocycles. The fraction of sp³-hybridized carbons (Fsp3) is 0.182. The zero-order valence-electron chi connectivity index (χ0n) is 17.3. The van der Waals surface area contributed by atoms with Crippen LogP contribution in [0.25, 0.3) is 0 Å². The molecule has 0 radical (unpaired) electrons. The molecule has 0 atom stereocenters. The lowest BCUT2D eigenvalue weighted by Gasteiger charge is -2.09. The van der Waals surface area contributed by atoms with E-state index >= 15 is 0 Å². The zero-order valence-corrected chi connectivity index (χ0v) is 19.6. The number of hydrogen-bond donors (Lipinski definition) is 2. The van der Waals surface area contributed by atoms with Crippen LogP contribution in [0.2, 0.25) is 10.0 Å². The number of benzene rings is 2. The summed E-state index contributed by atoms with van der Waals surface area (Å²) in [5.41, 5.74) is 2.13. The average Bonchev–Trinajstić information content (AvgIpc) is 3.15. The first kappa shape index (κ1) is 23.8. The van der Waals surface area contributed by atoms with Crippen LogP contribution in [0.1, 0.15) is 21.7 Å². The van der Waals surface area contributed by atoms with Crippen molar-refractivity contribution >= 4 is 52.5 Å². The van der Waals surface area contributed by atoms with Crippen LogP contribution >= 0.6 is 35.0 Å². The second-order valence-electron chi connectivity index (χ2n) is 6.82. The van der Waals surface area contributed by atoms with E-state index in [1.54, 1.807) is 34.9 Å². The molecule has 2 N–H and O–H groups in total. The number of allylic oxidation sites excluding steroid dienone is 1. The van der Waals surface area contributed by atoms with Gasteiger partial charge in [0.15, 0.2) is 11.0 Å². The number of halogens is 2. The topological polar surface area (TPSA) is 88.9 Å². The first-order chi connectivity index (χ1) is 15.4. The number of aryl methyl sites for hydroxylation is 1. The molecule has 0 aliphatic heterocycles. The lowest BCUT2D eigenvalue weighted by molar-refractivity contribution is -0.113. The van der Waals surface area contributed by atoms with Crippen LogP contribution in [0.4, 0.5) is 5.69 Å². The first-order valence-corrected chi connectivity index (χ1v) is 11.4. The van der Waals surface area contributed by atoms with Crippen molar-refractivity contribution in [3.05, 3.63) is 82.1 Å². The van der Waals surface area contributed by atoms with Gasteiger partial charge in [-0.3, -0.25) is 9.59 Å². The van der Waals surface area contributed by atoms with E-state index in [0.717, 1.165) is 5.56 Å². The number of aromatic nitrogens is 3. The van der Waals surface area contributed by atoms with Crippen molar-refractivity contribution in [3.8, 4) is 0 Å². The van der Waals surface area contributed by atoms with Gasteiger partial charge in [-0.25, -0.2) is 0 Å². The minimum atomic E-state index is -0.226. The monoisotopic (exact) mass is 489 g/mol. The number of rotatable bonds is 9. The highest BCUT2D eigenvalue weighted by Gasteiger charge is 2.15. The van der Waals surface area contributed by atoms with Crippen LogP contribution < -0.4 is 10.6 Å². The number of hydrogen-bond acceptors (Lipinski definition) is 5. The molecule has 2 amide bonds. The highest BCUT2D eigenvalue weighted by molar-refractivity contribution is 7.99. The molecule has 1 heterocycles. The number of amides is 2. The summed E-state index contributed by atoms with van der Waals surface area (Å²) in [4.78, 5) is 24.7. The third-order valence-corrected chi connectivity index (χ3v) is 6.03. The van der Waals surface area contributed by atoms with Crippen molar-refractivity contribution in [1.29, 1.82) is 0 Å². The largest absolute Gasteiger partial charge is 0.345 e. The van der Waals surface area contributed by atoms with Crippen molar-refractivity contribution in [2.75, 3.05) is 11.1 Å². The Morgan fingerprint density at radius 3 is 2.69 bits per heavy atom. The maximum Gasteiger partial charge on any atom is 0.251 e. The molecule has 0 unspecified atom stereocenters. The number of nitrogens with one attached hydrogen (secondary N) is 2. The Hall–Kier alpha value is -2.81. The van der Waals surface area contributed by atoms with Crippen molar-refractivity contribution in [1.82, 2.24) is 20.1 Å². The van der Waals surface area contributed by atoms with Crippen LogP contribution in [-0.4, -0.2) is 32.3 Å². The summed E-state index contributed by atoms with van der Waals surface area (Å²) >= 11 is 13.1. The Morgan fingerprint density at radius 2 is 1.97 bits per heavy atom. The normalized spacial score (nSPS) is 10.6. The summed E-state index contributed by atoms with van der Waals surface area (Å²) in [6, 6.07) is 12.2. The molecule has 0 aliphatic carbocycles. The van der Waals surface area contributed by atoms with Gasteiger partial charge in [-0.05, 0) is 37.3 Å². The third kappa shape index (κ3) is 6.35. The van der Waals surface area contributed by atoms with Crippen LogP contribution in [0.15, 0.2) is 60.3 Å². The zero-order chi connectivity index (χ0) is 23.1. The fourth-order valence-corrected chi connectivity index (χ4v) is 3.88. The second kappa shape index (κ2) is 11.2. The summed E-state index contributed by atoms with van der Waals surface area (Å²) < 4.78 is 1.81. The van der Waals surface area contributed by atoms with E-state index < -0.39 is 0 Å². The molecule has 166 valence electrons. The van der Waals surface area contributed by atoms with E-state index in [1.807, 2.05) is 25.1 Å². The van der Waals surface area contributed by atoms with Crippen LogP contribution in [0.3, 0.4) is 0 Å². The SMILES string of the molecule is C=CCn1c(CNC(=O)c2cccc(C)c2)nnc1SCC(=O)Nc1ccc(Cl)c(Cl)c1. The highest BCUT2D eigenvalue weighted by atomic mass is 35.5. The quantitative estimate of drug-likeness (QED) is 0.334. The molecule has 7 nitrogen and oxygen atoms in total.